The lowest BCUT2D eigenvalue weighted by Gasteiger charge is -2.21. The van der Waals surface area contributed by atoms with Crippen molar-refractivity contribution < 1.29 is 9.90 Å². The minimum absolute atomic E-state index is 0.0949. The predicted octanol–water partition coefficient (Wildman–Crippen LogP) is 0.588. The molecule has 0 aromatic rings. The van der Waals surface area contributed by atoms with E-state index in [9.17, 15) is 4.79 Å². The average molecular weight is 143 g/mol. The summed E-state index contributed by atoms with van der Waals surface area (Å²) in [6.07, 6.45) is 2.29. The standard InChI is InChI=1S/C7H13NO2/c1-7(8,4-6(9)10)5-2-3-5/h5H,2-4,8H2,1H3,(H,9,10). The summed E-state index contributed by atoms with van der Waals surface area (Å²) >= 11 is 0. The SMILES string of the molecule is CC(N)(CC(=O)O)C1CC1. The van der Waals surface area contributed by atoms with Gasteiger partial charge in [-0.1, -0.05) is 0 Å². The summed E-state index contributed by atoms with van der Waals surface area (Å²) in [5, 5.41) is 8.45. The topological polar surface area (TPSA) is 63.3 Å². The fourth-order valence-corrected chi connectivity index (χ4v) is 1.21. The number of nitrogens with two attached hydrogens (primary N) is 1. The normalized spacial score (nSPS) is 23.8. The number of aliphatic carboxylic acids is 1. The fraction of sp³-hybridized carbons (Fsp3) is 0.857. The molecule has 10 heavy (non-hydrogen) atoms. The second kappa shape index (κ2) is 2.23. The van der Waals surface area contributed by atoms with Gasteiger partial charge in [-0.15, -0.1) is 0 Å². The smallest absolute Gasteiger partial charge is 0.305 e. The molecule has 3 nitrogen and oxygen atoms in total. The summed E-state index contributed by atoms with van der Waals surface area (Å²) in [6, 6.07) is 0. The van der Waals surface area contributed by atoms with E-state index in [2.05, 4.69) is 0 Å². The Morgan fingerprint density at radius 2 is 2.30 bits per heavy atom. The van der Waals surface area contributed by atoms with Gasteiger partial charge in [-0.25, -0.2) is 0 Å². The summed E-state index contributed by atoms with van der Waals surface area (Å²) in [5.74, 6) is -0.347. The van der Waals surface area contributed by atoms with Crippen molar-refractivity contribution in [3.63, 3.8) is 0 Å². The quantitative estimate of drug-likeness (QED) is 0.607. The zero-order chi connectivity index (χ0) is 7.78. The second-order valence-electron chi connectivity index (χ2n) is 3.35. The molecule has 1 aliphatic carbocycles. The molecule has 3 N–H and O–H groups in total. The van der Waals surface area contributed by atoms with Gasteiger partial charge in [-0.3, -0.25) is 4.79 Å². The maximum Gasteiger partial charge on any atom is 0.305 e. The Labute approximate surface area is 60.2 Å². The molecule has 1 aliphatic rings. The minimum atomic E-state index is -0.795. The van der Waals surface area contributed by atoms with Crippen LogP contribution in [0.1, 0.15) is 26.2 Å². The van der Waals surface area contributed by atoms with Crippen LogP contribution in [0.2, 0.25) is 0 Å². The molecule has 1 fully saturated rings. The summed E-state index contributed by atoms with van der Waals surface area (Å²) in [5.41, 5.74) is 5.28. The van der Waals surface area contributed by atoms with Crippen molar-refractivity contribution in [2.45, 2.75) is 31.7 Å². The van der Waals surface area contributed by atoms with E-state index in [4.69, 9.17) is 10.8 Å². The van der Waals surface area contributed by atoms with E-state index in [1.165, 1.54) is 0 Å². The molecule has 0 aliphatic heterocycles. The van der Waals surface area contributed by atoms with Gasteiger partial charge < -0.3 is 10.8 Å². The predicted molar refractivity (Wildman–Crippen MR) is 37.6 cm³/mol. The molecule has 0 amide bonds. The van der Waals surface area contributed by atoms with E-state index in [1.807, 2.05) is 6.92 Å². The number of carboxylic acid groups (broad SMARTS) is 1. The lowest BCUT2D eigenvalue weighted by Crippen LogP contribution is -2.40. The molecule has 0 bridgehead atoms. The molecule has 1 rings (SSSR count). The number of carbonyl (C=O) groups is 1. The molecule has 1 unspecified atom stereocenters. The van der Waals surface area contributed by atoms with Crippen molar-refractivity contribution in [3.8, 4) is 0 Å². The molecular formula is C7H13NO2. The Hall–Kier alpha value is -0.570. The highest BCUT2D eigenvalue weighted by atomic mass is 16.4. The monoisotopic (exact) mass is 143 g/mol. The molecule has 0 heterocycles. The maximum atomic E-state index is 10.3. The van der Waals surface area contributed by atoms with E-state index in [1.54, 1.807) is 0 Å². The summed E-state index contributed by atoms with van der Waals surface area (Å²) in [6.45, 7) is 1.82. The van der Waals surface area contributed by atoms with Gasteiger partial charge in [0.1, 0.15) is 0 Å². The van der Waals surface area contributed by atoms with Gasteiger partial charge in [-0.2, -0.15) is 0 Å². The van der Waals surface area contributed by atoms with Crippen LogP contribution < -0.4 is 5.73 Å². The van der Waals surface area contributed by atoms with Gasteiger partial charge in [-0.05, 0) is 25.7 Å². The third-order valence-corrected chi connectivity index (χ3v) is 2.04. The van der Waals surface area contributed by atoms with Gasteiger partial charge >= 0.3 is 5.97 Å². The van der Waals surface area contributed by atoms with Crippen molar-refractivity contribution in [3.05, 3.63) is 0 Å². The van der Waals surface area contributed by atoms with Crippen LogP contribution >= 0.6 is 0 Å². The van der Waals surface area contributed by atoms with Crippen LogP contribution in [0.25, 0.3) is 0 Å². The Bertz CT molecular complexity index is 150. The molecule has 1 atom stereocenters. The molecule has 0 spiro atoms. The van der Waals surface area contributed by atoms with Gasteiger partial charge in [0.25, 0.3) is 0 Å². The number of rotatable bonds is 3. The second-order valence-corrected chi connectivity index (χ2v) is 3.35. The van der Waals surface area contributed by atoms with Gasteiger partial charge in [0.15, 0.2) is 0 Å². The number of hydrogen-bond acceptors (Lipinski definition) is 2. The van der Waals surface area contributed by atoms with E-state index in [0.29, 0.717) is 5.92 Å². The molecule has 0 aromatic carbocycles. The van der Waals surface area contributed by atoms with E-state index >= 15 is 0 Å². The third kappa shape index (κ3) is 1.70. The van der Waals surface area contributed by atoms with Crippen molar-refractivity contribution in [1.82, 2.24) is 0 Å². The van der Waals surface area contributed by atoms with Crippen LogP contribution in [-0.2, 0) is 4.79 Å². The van der Waals surface area contributed by atoms with Crippen LogP contribution in [0, 0.1) is 5.92 Å². The number of hydrogen-bond donors (Lipinski definition) is 2. The first-order valence-corrected chi connectivity index (χ1v) is 3.53. The molecule has 0 aromatic heterocycles. The highest BCUT2D eigenvalue weighted by molar-refractivity contribution is 5.68. The van der Waals surface area contributed by atoms with Crippen molar-refractivity contribution in [1.29, 1.82) is 0 Å². The van der Waals surface area contributed by atoms with Crippen LogP contribution in [-0.4, -0.2) is 16.6 Å². The Morgan fingerprint density at radius 3 is 2.60 bits per heavy atom. The maximum absolute atomic E-state index is 10.3. The highest BCUT2D eigenvalue weighted by Gasteiger charge is 2.39. The van der Waals surface area contributed by atoms with Crippen molar-refractivity contribution >= 4 is 5.97 Å². The van der Waals surface area contributed by atoms with E-state index in [-0.39, 0.29) is 6.42 Å². The molecule has 0 saturated heterocycles. The summed E-state index contributed by atoms with van der Waals surface area (Å²) in [7, 11) is 0. The Morgan fingerprint density at radius 1 is 1.80 bits per heavy atom. The first-order chi connectivity index (χ1) is 4.52. The molecular weight excluding hydrogens is 130 g/mol. The molecule has 3 heteroatoms. The summed E-state index contributed by atoms with van der Waals surface area (Å²) < 4.78 is 0. The number of carboxylic acids is 1. The van der Waals surface area contributed by atoms with E-state index in [0.717, 1.165) is 12.8 Å². The first-order valence-electron chi connectivity index (χ1n) is 3.53. The van der Waals surface area contributed by atoms with Gasteiger partial charge in [0.05, 0.1) is 6.42 Å². The lowest BCUT2D eigenvalue weighted by atomic mass is 9.93. The lowest BCUT2D eigenvalue weighted by molar-refractivity contribution is -0.138. The molecule has 0 radical (unpaired) electrons. The highest BCUT2D eigenvalue weighted by Crippen LogP contribution is 2.39. The summed E-state index contributed by atoms with van der Waals surface area (Å²) in [4.78, 5) is 10.3. The van der Waals surface area contributed by atoms with Crippen LogP contribution in [0.4, 0.5) is 0 Å². The average Bonchev–Trinajstić information content (AvgIpc) is 2.35. The van der Waals surface area contributed by atoms with Gasteiger partial charge in [0, 0.05) is 5.54 Å². The van der Waals surface area contributed by atoms with Crippen LogP contribution in [0.3, 0.4) is 0 Å². The van der Waals surface area contributed by atoms with E-state index < -0.39 is 11.5 Å². The first kappa shape index (κ1) is 7.54. The largest absolute Gasteiger partial charge is 0.481 e. The Balaban J connectivity index is 2.41. The zero-order valence-corrected chi connectivity index (χ0v) is 6.13. The Kier molecular flexibility index (Phi) is 1.68. The van der Waals surface area contributed by atoms with Crippen molar-refractivity contribution in [2.24, 2.45) is 11.7 Å². The zero-order valence-electron chi connectivity index (χ0n) is 6.13. The molecule has 58 valence electrons. The van der Waals surface area contributed by atoms with Crippen LogP contribution in [0.5, 0.6) is 0 Å². The minimum Gasteiger partial charge on any atom is -0.481 e. The van der Waals surface area contributed by atoms with Gasteiger partial charge in [0.2, 0.25) is 0 Å². The van der Waals surface area contributed by atoms with Crippen molar-refractivity contribution in [2.75, 3.05) is 0 Å². The molecule has 1 saturated carbocycles. The fourth-order valence-electron chi connectivity index (χ4n) is 1.21. The third-order valence-electron chi connectivity index (χ3n) is 2.04. The van der Waals surface area contributed by atoms with Crippen LogP contribution in [0.15, 0.2) is 0 Å².